The van der Waals surface area contributed by atoms with Gasteiger partial charge in [-0.2, -0.15) is 0 Å². The van der Waals surface area contributed by atoms with E-state index in [0.717, 1.165) is 0 Å². The van der Waals surface area contributed by atoms with E-state index in [1.807, 2.05) is 0 Å². The van der Waals surface area contributed by atoms with Crippen LogP contribution in [0.15, 0.2) is 0 Å². The molecule has 0 N–H and O–H groups in total. The molecule has 0 radical (unpaired) electrons. The lowest BCUT2D eigenvalue weighted by Crippen LogP contribution is -2.77. The van der Waals surface area contributed by atoms with Crippen molar-refractivity contribution in [2.45, 2.75) is 376 Å². The zero-order valence-corrected chi connectivity index (χ0v) is 50.7. The predicted molar refractivity (Wildman–Crippen MR) is 303 cm³/mol. The van der Waals surface area contributed by atoms with Crippen LogP contribution in [0.1, 0.15) is 321 Å². The maximum absolute atomic E-state index is 9.75. The third kappa shape index (κ3) is 10.9. The van der Waals surface area contributed by atoms with E-state index in [0.29, 0.717) is 55.4 Å². The Morgan fingerprint density at radius 3 is 0.300 bits per heavy atom. The fourth-order valence-corrected chi connectivity index (χ4v) is 61.2. The van der Waals surface area contributed by atoms with Gasteiger partial charge in [-0.05, 0) is 128 Å². The first-order chi connectivity index (χ1) is 34.6. The van der Waals surface area contributed by atoms with Gasteiger partial charge in [0.05, 0.1) is 0 Å². The molecule has 1 saturated heterocycles. The first kappa shape index (κ1) is 52.9. The molecule has 0 unspecified atom stereocenters. The normalized spacial score (nSPS) is 33.4. The van der Waals surface area contributed by atoms with Gasteiger partial charge in [-0.25, -0.2) is 0 Å². The fraction of sp³-hybridized carbons (Fsp3) is 1.00. The minimum Gasteiger partial charge on any atom is -0.415 e. The molecule has 10 saturated carbocycles. The van der Waals surface area contributed by atoms with Crippen LogP contribution in [0.5, 0.6) is 0 Å². The third-order valence-corrected chi connectivity index (χ3v) is 53.3. The van der Waals surface area contributed by atoms with Crippen molar-refractivity contribution >= 4 is 42.8 Å². The van der Waals surface area contributed by atoms with Crippen LogP contribution in [-0.2, 0) is 20.6 Å². The van der Waals surface area contributed by atoms with Gasteiger partial charge in [0, 0.05) is 55.4 Å². The summed E-state index contributed by atoms with van der Waals surface area (Å²) in [5.74, 6) is 0. The topological polar surface area (TPSA) is 46.2 Å². The molecule has 11 fully saturated rings. The van der Waals surface area contributed by atoms with Crippen molar-refractivity contribution in [1.82, 2.24) is 0 Å². The van der Waals surface area contributed by atoms with Gasteiger partial charge < -0.3 is 20.6 Å². The van der Waals surface area contributed by atoms with E-state index >= 15 is 0 Å². The summed E-state index contributed by atoms with van der Waals surface area (Å²) in [6.45, 7) is 0. The molecule has 0 amide bonds. The Morgan fingerprint density at radius 2 is 0.214 bits per heavy atom. The molecule has 11 aliphatic rings. The average Bonchev–Trinajstić information content (AvgIpc) is 3.46. The van der Waals surface area contributed by atoms with Crippen LogP contribution < -0.4 is 0 Å². The van der Waals surface area contributed by atoms with Crippen molar-refractivity contribution in [3.05, 3.63) is 0 Å². The van der Waals surface area contributed by atoms with Crippen LogP contribution in [0.2, 0.25) is 55.4 Å². The lowest BCUT2D eigenvalue weighted by atomic mass is 9.99. The van der Waals surface area contributed by atoms with Gasteiger partial charge in [0.1, 0.15) is 0 Å². The molecule has 1 heterocycles. The summed E-state index contributed by atoms with van der Waals surface area (Å²) >= 11 is 0. The molecule has 10 heteroatoms. The molecule has 1 aliphatic heterocycles. The first-order valence-corrected chi connectivity index (χ1v) is 42.9. The predicted octanol–water partition coefficient (Wildman–Crippen LogP) is 20.6. The smallest absolute Gasteiger partial charge is 0.327 e. The van der Waals surface area contributed by atoms with Gasteiger partial charge >= 0.3 is 42.8 Å². The zero-order valence-electron chi connectivity index (χ0n) is 45.7. The summed E-state index contributed by atoms with van der Waals surface area (Å²) in [7, 11) is -15.4. The van der Waals surface area contributed by atoms with Gasteiger partial charge in [-0.1, -0.05) is 193 Å². The highest BCUT2D eigenvalue weighted by Gasteiger charge is 2.74. The SMILES string of the molecule is C1CCC([Si]2(C3CCCCC3)O[Si](C3CCCCC3)(C3CCCCC3)O[Si](C3CCCCC3)(C3CCCCC3)O[Si](C3CCCCC3)(C3CCCCC3)O[Si](C3CCCCC3)(C3CCCCC3)O2)CC1. The molecule has 70 heavy (non-hydrogen) atoms. The van der Waals surface area contributed by atoms with Crippen molar-refractivity contribution in [3.8, 4) is 0 Å². The summed E-state index contributed by atoms with van der Waals surface area (Å²) in [6, 6.07) is 0. The van der Waals surface area contributed by atoms with Crippen molar-refractivity contribution < 1.29 is 20.6 Å². The lowest BCUT2D eigenvalue weighted by Gasteiger charge is -2.65. The summed E-state index contributed by atoms with van der Waals surface area (Å²) in [5.41, 5.74) is 6.21. The largest absolute Gasteiger partial charge is 0.415 e. The molecule has 0 aromatic rings. The Bertz CT molecular complexity index is 1180. The molecule has 0 aromatic heterocycles. The van der Waals surface area contributed by atoms with Crippen molar-refractivity contribution in [2.24, 2.45) is 0 Å². The minimum absolute atomic E-state index is 0.621. The van der Waals surface area contributed by atoms with Gasteiger partial charge in [0.2, 0.25) is 0 Å². The van der Waals surface area contributed by atoms with E-state index in [2.05, 4.69) is 0 Å². The summed E-state index contributed by atoms with van der Waals surface area (Å²) in [4.78, 5) is 0. The van der Waals surface area contributed by atoms with Crippen molar-refractivity contribution in [1.29, 1.82) is 0 Å². The molecular formula is C60H110O5Si5. The zero-order chi connectivity index (χ0) is 47.2. The average molecular weight is 1050 g/mol. The van der Waals surface area contributed by atoms with Crippen LogP contribution in [0, 0.1) is 0 Å². The Morgan fingerprint density at radius 1 is 0.129 bits per heavy atom. The van der Waals surface area contributed by atoms with Crippen molar-refractivity contribution in [3.63, 3.8) is 0 Å². The Labute approximate surface area is 437 Å². The van der Waals surface area contributed by atoms with Crippen LogP contribution >= 0.6 is 0 Å². The monoisotopic (exact) mass is 1050 g/mol. The highest BCUT2D eigenvalue weighted by atomic mass is 28.5. The van der Waals surface area contributed by atoms with E-state index in [1.165, 1.54) is 321 Å². The molecule has 5 nitrogen and oxygen atoms in total. The summed E-state index contributed by atoms with van der Waals surface area (Å²) in [6.07, 6.45) is 69.8. The standard InChI is InChI=1S/C60H110O5Si5/c1-11-31-51(32-12-1)66(52-33-13-2-14-34-52)61-67(53-35-15-3-16-36-53,54-37-17-4-18-38-54)63-69(57-43-23-7-24-44-57,58-45-25-8-26-46-58)65-70(59-47-27-9-28-48-59,60-49-29-10-30-50-60)64-68(62-66,55-39-19-5-20-40-55)56-41-21-6-22-42-56/h51-60H,1-50H2. The number of hydrogen-bond donors (Lipinski definition) is 0. The summed E-state index contributed by atoms with van der Waals surface area (Å²) in [5, 5.41) is 0. The maximum Gasteiger partial charge on any atom is 0.327 e. The van der Waals surface area contributed by atoms with E-state index in [1.54, 1.807) is 0 Å². The lowest BCUT2D eigenvalue weighted by molar-refractivity contribution is 0.133. The van der Waals surface area contributed by atoms with Crippen LogP contribution in [0.4, 0.5) is 0 Å². The van der Waals surface area contributed by atoms with Crippen LogP contribution in [0.25, 0.3) is 0 Å². The number of hydrogen-bond acceptors (Lipinski definition) is 5. The molecule has 0 atom stereocenters. The van der Waals surface area contributed by atoms with Gasteiger partial charge in [-0.3, -0.25) is 0 Å². The Balaban J connectivity index is 1.26. The van der Waals surface area contributed by atoms with E-state index in [-0.39, 0.29) is 0 Å². The van der Waals surface area contributed by atoms with E-state index in [4.69, 9.17) is 0 Å². The van der Waals surface area contributed by atoms with Gasteiger partial charge in [-0.15, -0.1) is 0 Å². The summed E-state index contributed by atoms with van der Waals surface area (Å²) < 4.78 is 48.8. The molecule has 400 valence electrons. The highest BCUT2D eigenvalue weighted by molar-refractivity contribution is 6.98. The molecule has 0 bridgehead atoms. The minimum atomic E-state index is -3.09. The maximum atomic E-state index is 9.75. The second-order valence-corrected chi connectivity index (χ2v) is 46.9. The second-order valence-electron chi connectivity index (χ2n) is 27.5. The first-order valence-electron chi connectivity index (χ1n) is 33.1. The molecule has 11 rings (SSSR count). The second kappa shape index (κ2) is 24.7. The molecular weight excluding hydrogens is 941 g/mol. The third-order valence-electron chi connectivity index (χ3n) is 23.3. The van der Waals surface area contributed by atoms with Gasteiger partial charge in [0.15, 0.2) is 0 Å². The van der Waals surface area contributed by atoms with E-state index < -0.39 is 42.8 Å². The highest BCUT2D eigenvalue weighted by Crippen LogP contribution is 2.67. The quantitative estimate of drug-likeness (QED) is 0.204. The number of rotatable bonds is 10. The molecule has 0 spiro atoms. The molecule has 10 aliphatic carbocycles. The van der Waals surface area contributed by atoms with E-state index in [9.17, 15) is 20.6 Å². The van der Waals surface area contributed by atoms with Crippen molar-refractivity contribution in [2.75, 3.05) is 0 Å². The molecule has 0 aromatic carbocycles. The Hall–Kier alpha value is 0.884. The fourth-order valence-electron chi connectivity index (χ4n) is 19.7. The van der Waals surface area contributed by atoms with Gasteiger partial charge in [0.25, 0.3) is 0 Å². The van der Waals surface area contributed by atoms with Crippen LogP contribution in [-0.4, -0.2) is 42.8 Å². The van der Waals surface area contributed by atoms with Crippen LogP contribution in [0.3, 0.4) is 0 Å². The Kier molecular flexibility index (Phi) is 18.7.